The van der Waals surface area contributed by atoms with Gasteiger partial charge >= 0.3 is 0 Å². The molecule has 0 saturated carbocycles. The van der Waals surface area contributed by atoms with Crippen LogP contribution in [0.4, 0.5) is 34.1 Å². The Labute approximate surface area is 331 Å². The molecule has 9 aromatic carbocycles. The number of benzene rings is 9. The lowest BCUT2D eigenvalue weighted by atomic mass is 9.91. The van der Waals surface area contributed by atoms with Crippen LogP contribution in [-0.2, 0) is 0 Å². The van der Waals surface area contributed by atoms with Crippen LogP contribution >= 0.6 is 0 Å². The van der Waals surface area contributed by atoms with E-state index in [1.807, 2.05) is 0 Å². The SMILES string of the molecule is Cc1ccc(-c2ccc(N(c3ccc(C)c(C)c3)c3ccc4ccc5c(N(c6ccc(C)c(C)c6)c6ccc(C)c(C)c6)ccc6ccc3c4c65)cc2)cc1C. The Hall–Kier alpha value is -6.38. The summed E-state index contributed by atoms with van der Waals surface area (Å²) >= 11 is 0. The fourth-order valence-corrected chi connectivity index (χ4v) is 8.33. The largest absolute Gasteiger partial charge is 0.310 e. The maximum absolute atomic E-state index is 2.45. The van der Waals surface area contributed by atoms with Crippen molar-refractivity contribution in [3.05, 3.63) is 190 Å². The Morgan fingerprint density at radius 3 is 1.02 bits per heavy atom. The Morgan fingerprint density at radius 2 is 0.607 bits per heavy atom. The van der Waals surface area contributed by atoms with E-state index in [9.17, 15) is 0 Å². The first-order chi connectivity index (χ1) is 27.0. The summed E-state index contributed by atoms with van der Waals surface area (Å²) in [6.07, 6.45) is 0. The summed E-state index contributed by atoms with van der Waals surface area (Å²) in [6.45, 7) is 17.6. The molecule has 0 aromatic heterocycles. The number of nitrogens with zero attached hydrogens (tertiary/aromatic N) is 2. The van der Waals surface area contributed by atoms with Gasteiger partial charge in [-0.15, -0.1) is 0 Å². The van der Waals surface area contributed by atoms with Gasteiger partial charge in [0, 0.05) is 33.5 Å². The molecule has 0 heterocycles. The Morgan fingerprint density at radius 1 is 0.268 bits per heavy atom. The minimum Gasteiger partial charge on any atom is -0.310 e. The van der Waals surface area contributed by atoms with E-state index in [1.54, 1.807) is 0 Å². The lowest BCUT2D eigenvalue weighted by Crippen LogP contribution is -2.12. The first-order valence-corrected chi connectivity index (χ1v) is 19.8. The molecule has 2 nitrogen and oxygen atoms in total. The molecule has 2 heteroatoms. The molecule has 56 heavy (non-hydrogen) atoms. The van der Waals surface area contributed by atoms with Gasteiger partial charge in [0.2, 0.25) is 0 Å². The molecule has 0 aliphatic rings. The minimum absolute atomic E-state index is 1.13. The highest BCUT2D eigenvalue weighted by molar-refractivity contribution is 6.28. The van der Waals surface area contributed by atoms with Crippen LogP contribution < -0.4 is 9.80 Å². The Balaban J connectivity index is 1.27. The second-order valence-electron chi connectivity index (χ2n) is 15.9. The smallest absolute Gasteiger partial charge is 0.0540 e. The topological polar surface area (TPSA) is 6.48 Å². The van der Waals surface area contributed by atoms with Gasteiger partial charge in [-0.25, -0.2) is 0 Å². The van der Waals surface area contributed by atoms with E-state index in [1.165, 1.54) is 99.3 Å². The second-order valence-corrected chi connectivity index (χ2v) is 15.9. The Bertz CT molecular complexity index is 2900. The molecule has 0 atom stereocenters. The van der Waals surface area contributed by atoms with Gasteiger partial charge in [0.25, 0.3) is 0 Å². The van der Waals surface area contributed by atoms with Crippen molar-refractivity contribution in [1.29, 1.82) is 0 Å². The van der Waals surface area contributed by atoms with Gasteiger partial charge in [0.15, 0.2) is 0 Å². The first kappa shape index (κ1) is 35.3. The molecule has 0 N–H and O–H groups in total. The van der Waals surface area contributed by atoms with Crippen LogP contribution in [0.3, 0.4) is 0 Å². The first-order valence-electron chi connectivity index (χ1n) is 19.8. The highest BCUT2D eigenvalue weighted by Crippen LogP contribution is 2.48. The lowest BCUT2D eigenvalue weighted by molar-refractivity contribution is 1.24. The summed E-state index contributed by atoms with van der Waals surface area (Å²) in [5, 5.41) is 7.55. The summed E-state index contributed by atoms with van der Waals surface area (Å²) in [6, 6.07) is 54.9. The molecule has 0 spiro atoms. The van der Waals surface area contributed by atoms with Gasteiger partial charge < -0.3 is 9.80 Å². The predicted octanol–water partition coefficient (Wildman–Crippen LogP) is 15.7. The summed E-state index contributed by atoms with van der Waals surface area (Å²) in [7, 11) is 0. The lowest BCUT2D eigenvalue weighted by Gasteiger charge is -2.30. The van der Waals surface area contributed by atoms with E-state index in [-0.39, 0.29) is 0 Å². The van der Waals surface area contributed by atoms with Crippen LogP contribution in [0.1, 0.15) is 44.5 Å². The van der Waals surface area contributed by atoms with Crippen molar-refractivity contribution in [2.45, 2.75) is 55.4 Å². The van der Waals surface area contributed by atoms with Crippen LogP contribution in [0.5, 0.6) is 0 Å². The third-order valence-corrected chi connectivity index (χ3v) is 12.3. The molecule has 0 unspecified atom stereocenters. The maximum atomic E-state index is 2.45. The number of hydrogen-bond donors (Lipinski definition) is 0. The van der Waals surface area contributed by atoms with E-state index in [2.05, 4.69) is 211 Å². The van der Waals surface area contributed by atoms with Gasteiger partial charge in [-0.3, -0.25) is 0 Å². The number of hydrogen-bond acceptors (Lipinski definition) is 2. The quantitative estimate of drug-likeness (QED) is 0.151. The fourth-order valence-electron chi connectivity index (χ4n) is 8.33. The normalized spacial score (nSPS) is 11.6. The molecule has 9 aromatic rings. The fraction of sp³-hybridized carbons (Fsp3) is 0.148. The third kappa shape index (κ3) is 5.97. The van der Waals surface area contributed by atoms with Crippen molar-refractivity contribution >= 4 is 66.4 Å². The van der Waals surface area contributed by atoms with Gasteiger partial charge in [-0.05, 0) is 193 Å². The summed E-state index contributed by atoms with van der Waals surface area (Å²) < 4.78 is 0. The number of rotatable bonds is 7. The van der Waals surface area contributed by atoms with Crippen LogP contribution in [0.15, 0.2) is 146 Å². The van der Waals surface area contributed by atoms with E-state index in [4.69, 9.17) is 0 Å². The third-order valence-electron chi connectivity index (χ3n) is 12.3. The van der Waals surface area contributed by atoms with Crippen LogP contribution in [-0.4, -0.2) is 0 Å². The van der Waals surface area contributed by atoms with Crippen molar-refractivity contribution in [3.63, 3.8) is 0 Å². The van der Waals surface area contributed by atoms with Crippen LogP contribution in [0.2, 0.25) is 0 Å². The molecule has 0 aliphatic heterocycles. The van der Waals surface area contributed by atoms with Crippen molar-refractivity contribution in [2.75, 3.05) is 9.80 Å². The summed E-state index contributed by atoms with van der Waals surface area (Å²) in [5.41, 5.74) is 19.8. The molecule has 0 fully saturated rings. The predicted molar refractivity (Wildman–Crippen MR) is 243 cm³/mol. The maximum Gasteiger partial charge on any atom is 0.0540 e. The van der Waals surface area contributed by atoms with Crippen molar-refractivity contribution < 1.29 is 0 Å². The average Bonchev–Trinajstić information content (AvgIpc) is 3.20. The van der Waals surface area contributed by atoms with Crippen molar-refractivity contribution in [2.24, 2.45) is 0 Å². The van der Waals surface area contributed by atoms with Gasteiger partial charge in [0.1, 0.15) is 0 Å². The molecule has 9 rings (SSSR count). The standard InChI is InChI=1S/C54H48N2/c1-33-9-13-44(29-37(33)5)41-14-23-45(24-15-41)55(46-20-10-34(2)38(6)30-46)51-27-18-42-17-26-50-52(28-19-43-16-25-49(51)53(42)54(43)50)56(47-21-11-35(3)39(7)31-47)48-22-12-36(4)40(8)32-48/h9-32H,1-8H3. The number of anilines is 6. The van der Waals surface area contributed by atoms with Gasteiger partial charge in [0.05, 0.1) is 11.4 Å². The van der Waals surface area contributed by atoms with Crippen molar-refractivity contribution in [1.82, 2.24) is 0 Å². The zero-order valence-electron chi connectivity index (χ0n) is 33.8. The van der Waals surface area contributed by atoms with Gasteiger partial charge in [-0.2, -0.15) is 0 Å². The van der Waals surface area contributed by atoms with E-state index < -0.39 is 0 Å². The summed E-state index contributed by atoms with van der Waals surface area (Å²) in [5.74, 6) is 0. The molecule has 0 aliphatic carbocycles. The van der Waals surface area contributed by atoms with Crippen molar-refractivity contribution in [3.8, 4) is 11.1 Å². The molecule has 0 saturated heterocycles. The zero-order valence-corrected chi connectivity index (χ0v) is 33.8. The Kier molecular flexibility index (Phi) is 8.66. The average molecular weight is 725 g/mol. The minimum atomic E-state index is 1.13. The molecule has 0 radical (unpaired) electrons. The highest BCUT2D eigenvalue weighted by atomic mass is 15.1. The van der Waals surface area contributed by atoms with Crippen LogP contribution in [0.25, 0.3) is 43.4 Å². The van der Waals surface area contributed by atoms with Crippen LogP contribution in [0, 0.1) is 55.4 Å². The van der Waals surface area contributed by atoms with E-state index >= 15 is 0 Å². The second kappa shape index (κ2) is 13.7. The highest BCUT2D eigenvalue weighted by Gasteiger charge is 2.22. The van der Waals surface area contributed by atoms with Gasteiger partial charge in [-0.1, -0.05) is 84.9 Å². The van der Waals surface area contributed by atoms with E-state index in [0.717, 1.165) is 22.7 Å². The van der Waals surface area contributed by atoms with E-state index in [0.29, 0.717) is 0 Å². The molecule has 274 valence electrons. The monoisotopic (exact) mass is 724 g/mol. The molecule has 0 bridgehead atoms. The summed E-state index contributed by atoms with van der Waals surface area (Å²) in [4.78, 5) is 4.89. The molecular formula is C54H48N2. The zero-order chi connectivity index (χ0) is 38.8. The molecule has 0 amide bonds. The molecular weight excluding hydrogens is 677 g/mol. The number of aryl methyl sites for hydroxylation is 8.